The highest BCUT2D eigenvalue weighted by Gasteiger charge is 2.50. The van der Waals surface area contributed by atoms with Crippen LogP contribution in [0.15, 0.2) is 88.8 Å². The van der Waals surface area contributed by atoms with E-state index >= 15 is 4.39 Å². The maximum atomic E-state index is 15.1. The van der Waals surface area contributed by atoms with Gasteiger partial charge < -0.3 is 0 Å². The fourth-order valence-corrected chi connectivity index (χ4v) is 4.46. The van der Waals surface area contributed by atoms with Gasteiger partial charge in [-0.05, 0) is 30.7 Å². The third kappa shape index (κ3) is 3.36. The molecule has 0 bridgehead atoms. The lowest BCUT2D eigenvalue weighted by atomic mass is 9.84. The van der Waals surface area contributed by atoms with Crippen LogP contribution in [0, 0.1) is 18.7 Å². The first-order chi connectivity index (χ1) is 15.1. The van der Waals surface area contributed by atoms with Gasteiger partial charge in [0.15, 0.2) is 0 Å². The second-order valence-corrected chi connectivity index (χ2v) is 7.85. The number of hydrogen-bond acceptors (Lipinski definition) is 3. The minimum atomic E-state index is -0.562. The number of amides is 1. The quantitative estimate of drug-likeness (QED) is 0.612. The monoisotopic (exact) mass is 411 g/mol. The van der Waals surface area contributed by atoms with Gasteiger partial charge in [-0.1, -0.05) is 66.2 Å². The van der Waals surface area contributed by atoms with Gasteiger partial charge in [-0.25, -0.2) is 4.39 Å². The molecule has 5 rings (SSSR count). The molecule has 0 saturated carbocycles. The Balaban J connectivity index is 1.73. The number of aliphatic imine (C=N–C) groups is 2. The third-order valence-electron chi connectivity index (χ3n) is 5.89. The van der Waals surface area contributed by atoms with Crippen molar-refractivity contribution in [2.24, 2.45) is 15.9 Å². The van der Waals surface area contributed by atoms with E-state index in [1.165, 1.54) is 6.07 Å². The number of carbonyl (C=O) groups is 1. The van der Waals surface area contributed by atoms with Crippen molar-refractivity contribution >= 4 is 23.0 Å². The first-order valence-corrected chi connectivity index (χ1v) is 10.4. The molecule has 5 heteroatoms. The second-order valence-electron chi connectivity index (χ2n) is 7.85. The molecule has 1 unspecified atom stereocenters. The lowest BCUT2D eigenvalue weighted by Gasteiger charge is -2.29. The lowest BCUT2D eigenvalue weighted by Crippen LogP contribution is -2.31. The largest absolute Gasteiger partial charge is 0.299 e. The number of fused-ring (bicyclic) bond motifs is 1. The molecule has 2 aliphatic rings. The maximum absolute atomic E-state index is 15.1. The molecule has 3 aromatic carbocycles. The molecule has 31 heavy (non-hydrogen) atoms. The van der Waals surface area contributed by atoms with Gasteiger partial charge >= 0.3 is 0 Å². The van der Waals surface area contributed by atoms with Gasteiger partial charge in [0.25, 0.3) is 5.91 Å². The van der Waals surface area contributed by atoms with Crippen LogP contribution in [0.25, 0.3) is 0 Å². The summed E-state index contributed by atoms with van der Waals surface area (Å²) in [5.41, 5.74) is 4.52. The standard InChI is InChI=1S/C26H22FN3O/c1-17-11-13-18(14-12-17)23-22-24(29-16-15-28-23)26(31)30(19-7-3-2-4-8-19)25(22)20-9-5-6-10-21(20)27/h2-14,22,25H,15-16H2,1H3/t22?,25-/m0/s1. The summed E-state index contributed by atoms with van der Waals surface area (Å²) in [4.78, 5) is 24.8. The molecule has 4 nitrogen and oxygen atoms in total. The van der Waals surface area contributed by atoms with Crippen molar-refractivity contribution in [2.45, 2.75) is 13.0 Å². The second kappa shape index (κ2) is 7.91. The summed E-state index contributed by atoms with van der Waals surface area (Å²) in [5, 5.41) is 0. The Bertz CT molecular complexity index is 1180. The van der Waals surface area contributed by atoms with Gasteiger partial charge in [0, 0.05) is 11.3 Å². The summed E-state index contributed by atoms with van der Waals surface area (Å²) < 4.78 is 15.1. The van der Waals surface area contributed by atoms with Gasteiger partial charge in [-0.2, -0.15) is 0 Å². The highest BCUT2D eigenvalue weighted by Crippen LogP contribution is 2.43. The Hall–Kier alpha value is -3.60. The number of nitrogens with zero attached hydrogens (tertiary/aromatic N) is 3. The van der Waals surface area contributed by atoms with Crippen LogP contribution in [0.3, 0.4) is 0 Å². The van der Waals surface area contributed by atoms with E-state index in [1.54, 1.807) is 23.1 Å². The van der Waals surface area contributed by atoms with Gasteiger partial charge in [0.1, 0.15) is 11.5 Å². The highest BCUT2D eigenvalue weighted by molar-refractivity contribution is 6.51. The van der Waals surface area contributed by atoms with Crippen molar-refractivity contribution < 1.29 is 9.18 Å². The lowest BCUT2D eigenvalue weighted by molar-refractivity contribution is -0.112. The molecule has 1 amide bonds. The first kappa shape index (κ1) is 19.4. The van der Waals surface area contributed by atoms with Crippen molar-refractivity contribution in [3.05, 3.63) is 101 Å². The average molecular weight is 411 g/mol. The molecular formula is C26H22FN3O. The molecule has 0 N–H and O–H groups in total. The molecule has 2 heterocycles. The molecule has 0 spiro atoms. The summed E-state index contributed by atoms with van der Waals surface area (Å²) in [6.45, 7) is 2.98. The fraction of sp³-hybridized carbons (Fsp3) is 0.192. The smallest absolute Gasteiger partial charge is 0.273 e. The summed E-state index contributed by atoms with van der Waals surface area (Å²) >= 11 is 0. The summed E-state index contributed by atoms with van der Waals surface area (Å²) in [5.74, 6) is -0.976. The van der Waals surface area contributed by atoms with Crippen molar-refractivity contribution in [3.8, 4) is 0 Å². The predicted octanol–water partition coefficient (Wildman–Crippen LogP) is 4.78. The number of aryl methyl sites for hydroxylation is 1. The first-order valence-electron chi connectivity index (χ1n) is 10.4. The van der Waals surface area contributed by atoms with Gasteiger partial charge in [-0.15, -0.1) is 0 Å². The Morgan fingerprint density at radius 3 is 2.19 bits per heavy atom. The van der Waals surface area contributed by atoms with E-state index in [9.17, 15) is 4.79 Å². The van der Waals surface area contributed by atoms with E-state index in [1.807, 2.05) is 61.5 Å². The van der Waals surface area contributed by atoms with Crippen LogP contribution in [0.1, 0.15) is 22.7 Å². The molecule has 0 aliphatic carbocycles. The number of halogens is 1. The SMILES string of the molecule is Cc1ccc(C2=NCCN=C3C(=O)N(c4ccccc4)[C@@H](c4ccccc4F)C32)cc1. The number of anilines is 1. The van der Waals surface area contributed by atoms with Gasteiger partial charge in [0.05, 0.1) is 30.8 Å². The van der Waals surface area contributed by atoms with Crippen LogP contribution in [-0.4, -0.2) is 30.4 Å². The number of carbonyl (C=O) groups excluding carboxylic acids is 1. The zero-order valence-corrected chi connectivity index (χ0v) is 17.2. The van der Waals surface area contributed by atoms with Crippen LogP contribution in [-0.2, 0) is 4.79 Å². The molecule has 2 atom stereocenters. The zero-order valence-electron chi connectivity index (χ0n) is 17.2. The van der Waals surface area contributed by atoms with E-state index in [4.69, 9.17) is 4.99 Å². The van der Waals surface area contributed by atoms with E-state index in [-0.39, 0.29) is 11.7 Å². The van der Waals surface area contributed by atoms with Crippen molar-refractivity contribution in [2.75, 3.05) is 18.0 Å². The van der Waals surface area contributed by atoms with Crippen LogP contribution in [0.4, 0.5) is 10.1 Å². The van der Waals surface area contributed by atoms with Crippen LogP contribution in [0.5, 0.6) is 0 Å². The molecular weight excluding hydrogens is 389 g/mol. The number of benzene rings is 3. The molecule has 2 aliphatic heterocycles. The van der Waals surface area contributed by atoms with Crippen molar-refractivity contribution in [1.82, 2.24) is 0 Å². The summed E-state index contributed by atoms with van der Waals surface area (Å²) in [6, 6.07) is 23.6. The minimum absolute atomic E-state index is 0.189. The Labute approximate surface area is 180 Å². The van der Waals surface area contributed by atoms with Crippen LogP contribution in [0.2, 0.25) is 0 Å². The molecule has 0 radical (unpaired) electrons. The number of hydrogen-bond donors (Lipinski definition) is 0. The fourth-order valence-electron chi connectivity index (χ4n) is 4.46. The average Bonchev–Trinajstić information content (AvgIpc) is 2.93. The van der Waals surface area contributed by atoms with E-state index in [0.717, 1.165) is 22.5 Å². The van der Waals surface area contributed by atoms with Gasteiger partial charge in [0.2, 0.25) is 0 Å². The zero-order chi connectivity index (χ0) is 21.4. The van der Waals surface area contributed by atoms with E-state index < -0.39 is 12.0 Å². The minimum Gasteiger partial charge on any atom is -0.299 e. The molecule has 1 saturated heterocycles. The Kier molecular flexibility index (Phi) is 4.94. The number of para-hydroxylation sites is 1. The molecule has 0 aromatic heterocycles. The Morgan fingerprint density at radius 1 is 0.839 bits per heavy atom. The highest BCUT2D eigenvalue weighted by atomic mass is 19.1. The normalized spacial score (nSPS) is 20.7. The summed E-state index contributed by atoms with van der Waals surface area (Å²) in [7, 11) is 0. The van der Waals surface area contributed by atoms with E-state index in [2.05, 4.69) is 4.99 Å². The van der Waals surface area contributed by atoms with Gasteiger partial charge in [-0.3, -0.25) is 19.7 Å². The van der Waals surface area contributed by atoms with Crippen molar-refractivity contribution in [3.63, 3.8) is 0 Å². The van der Waals surface area contributed by atoms with Crippen LogP contribution >= 0.6 is 0 Å². The Morgan fingerprint density at radius 2 is 1.48 bits per heavy atom. The maximum Gasteiger partial charge on any atom is 0.273 e. The topological polar surface area (TPSA) is 45.0 Å². The summed E-state index contributed by atoms with van der Waals surface area (Å²) in [6.07, 6.45) is 0. The van der Waals surface area contributed by atoms with Crippen LogP contribution < -0.4 is 4.90 Å². The predicted molar refractivity (Wildman–Crippen MR) is 121 cm³/mol. The third-order valence-corrected chi connectivity index (χ3v) is 5.89. The van der Waals surface area contributed by atoms with Crippen molar-refractivity contribution in [1.29, 1.82) is 0 Å². The molecule has 154 valence electrons. The molecule has 3 aromatic rings. The number of rotatable bonds is 3. The van der Waals surface area contributed by atoms with E-state index in [0.29, 0.717) is 24.4 Å². The molecule has 1 fully saturated rings.